The van der Waals surface area contributed by atoms with Crippen LogP contribution < -0.4 is 10.7 Å². The first kappa shape index (κ1) is 18.1. The van der Waals surface area contributed by atoms with Crippen LogP contribution >= 0.6 is 39.5 Å². The number of alkyl halides is 2. The number of anilines is 1. The Morgan fingerprint density at radius 2 is 2.00 bits per heavy atom. The smallest absolute Gasteiger partial charge is 0.341 e. The standard InChI is InChI=1S/C9H15Br2N3O5P/c10-3-5-13(6-4-11)20(12,17)18-7-8-1-2-9(19-8)14(15)16/h1-2,15H,3-7H2,(H2,12,17)/q-1. The zero-order valence-corrected chi connectivity index (χ0v) is 14.5. The third kappa shape index (κ3) is 5.45. The van der Waals surface area contributed by atoms with Crippen molar-refractivity contribution in [3.63, 3.8) is 0 Å². The highest BCUT2D eigenvalue weighted by molar-refractivity contribution is 9.09. The van der Waals surface area contributed by atoms with E-state index in [-0.39, 0.29) is 18.3 Å². The molecule has 0 radical (unpaired) electrons. The van der Waals surface area contributed by atoms with Crippen molar-refractivity contribution in [1.82, 2.24) is 4.67 Å². The van der Waals surface area contributed by atoms with Crippen molar-refractivity contribution in [2.45, 2.75) is 6.61 Å². The molecule has 0 bridgehead atoms. The van der Waals surface area contributed by atoms with E-state index in [9.17, 15) is 9.77 Å². The van der Waals surface area contributed by atoms with Gasteiger partial charge in [0.05, 0.1) is 0 Å². The lowest BCUT2D eigenvalue weighted by Crippen LogP contribution is -2.29. The van der Waals surface area contributed by atoms with Crippen LogP contribution in [0.4, 0.5) is 5.88 Å². The normalized spacial score (nSPS) is 14.5. The first-order valence-electron chi connectivity index (χ1n) is 5.56. The summed E-state index contributed by atoms with van der Waals surface area (Å²) in [7, 11) is -3.46. The number of nitrogens with zero attached hydrogens (tertiary/aromatic N) is 2. The number of nitrogens with two attached hydrogens (primary N) is 1. The Labute approximate surface area is 133 Å². The minimum absolute atomic E-state index is 0.164. The second-order valence-electron chi connectivity index (χ2n) is 3.68. The van der Waals surface area contributed by atoms with Crippen LogP contribution in [0.2, 0.25) is 0 Å². The van der Waals surface area contributed by atoms with Crippen LogP contribution in [0.3, 0.4) is 0 Å². The molecule has 0 spiro atoms. The van der Waals surface area contributed by atoms with E-state index < -0.39 is 12.9 Å². The van der Waals surface area contributed by atoms with E-state index in [1.807, 2.05) is 0 Å². The van der Waals surface area contributed by atoms with Crippen molar-refractivity contribution in [1.29, 1.82) is 0 Å². The van der Waals surface area contributed by atoms with Crippen LogP contribution in [0.25, 0.3) is 0 Å². The number of furan rings is 1. The average molecular weight is 436 g/mol. The van der Waals surface area contributed by atoms with Crippen LogP contribution in [0.15, 0.2) is 16.5 Å². The molecule has 1 atom stereocenters. The lowest BCUT2D eigenvalue weighted by molar-refractivity contribution is 0.227. The Morgan fingerprint density at radius 1 is 1.40 bits per heavy atom. The molecule has 1 aromatic rings. The van der Waals surface area contributed by atoms with Crippen molar-refractivity contribution >= 4 is 45.4 Å². The number of rotatable bonds is 9. The van der Waals surface area contributed by atoms with Gasteiger partial charge in [0.1, 0.15) is 12.4 Å². The minimum Gasteiger partial charge on any atom is -0.731 e. The molecule has 20 heavy (non-hydrogen) atoms. The Morgan fingerprint density at radius 3 is 2.45 bits per heavy atom. The van der Waals surface area contributed by atoms with Gasteiger partial charge in [-0.2, -0.15) is 0 Å². The molecule has 0 amide bonds. The summed E-state index contributed by atoms with van der Waals surface area (Å²) in [5.74, 6) is -0.0496. The fraction of sp³-hybridized carbons (Fsp3) is 0.556. The first-order chi connectivity index (χ1) is 9.40. The van der Waals surface area contributed by atoms with Crippen molar-refractivity contribution < 1.29 is 18.7 Å². The maximum Gasteiger partial charge on any atom is 0.341 e. The van der Waals surface area contributed by atoms with Crippen LogP contribution in [0, 0.1) is 5.21 Å². The quantitative estimate of drug-likeness (QED) is 0.345. The second-order valence-corrected chi connectivity index (χ2v) is 7.22. The SMILES string of the molecule is NP(=O)(OCc1ccc(N([O-])O)o1)N(CCBr)CCBr. The topological polar surface area (TPSA) is 115 Å². The first-order valence-corrected chi connectivity index (χ1v) is 9.45. The van der Waals surface area contributed by atoms with E-state index in [0.717, 1.165) is 0 Å². The summed E-state index contributed by atoms with van der Waals surface area (Å²) >= 11 is 6.50. The van der Waals surface area contributed by atoms with Crippen molar-refractivity contribution in [2.75, 3.05) is 29.0 Å². The minimum atomic E-state index is -3.46. The van der Waals surface area contributed by atoms with Gasteiger partial charge in [-0.3, -0.25) is 19.5 Å². The predicted octanol–water partition coefficient (Wildman–Crippen LogP) is 2.65. The summed E-state index contributed by atoms with van der Waals surface area (Å²) in [6, 6.07) is 2.69. The van der Waals surface area contributed by atoms with E-state index in [4.69, 9.17) is 19.7 Å². The van der Waals surface area contributed by atoms with Gasteiger partial charge in [0.15, 0.2) is 0 Å². The predicted molar refractivity (Wildman–Crippen MR) is 82.1 cm³/mol. The fourth-order valence-electron chi connectivity index (χ4n) is 1.37. The Bertz CT molecular complexity index is 453. The summed E-state index contributed by atoms with van der Waals surface area (Å²) < 4.78 is 24.0. The Balaban J connectivity index is 2.62. The molecule has 8 nitrogen and oxygen atoms in total. The molecule has 116 valence electrons. The zero-order chi connectivity index (χ0) is 15.2. The number of halogens is 2. The molecule has 0 saturated carbocycles. The summed E-state index contributed by atoms with van der Waals surface area (Å²) in [6.07, 6.45) is 0. The highest BCUT2D eigenvalue weighted by atomic mass is 79.9. The lowest BCUT2D eigenvalue weighted by Gasteiger charge is -2.26. The van der Waals surface area contributed by atoms with Gasteiger partial charge in [0.2, 0.25) is 5.88 Å². The largest absolute Gasteiger partial charge is 0.731 e. The van der Waals surface area contributed by atoms with E-state index >= 15 is 0 Å². The average Bonchev–Trinajstić information content (AvgIpc) is 2.85. The third-order valence-electron chi connectivity index (χ3n) is 2.31. The molecule has 3 N–H and O–H groups in total. The van der Waals surface area contributed by atoms with E-state index in [2.05, 4.69) is 31.9 Å². The van der Waals surface area contributed by atoms with Gasteiger partial charge in [-0.15, -0.1) is 0 Å². The molecule has 1 unspecified atom stereocenters. The van der Waals surface area contributed by atoms with Gasteiger partial charge in [0.25, 0.3) is 0 Å². The van der Waals surface area contributed by atoms with Gasteiger partial charge in [-0.1, -0.05) is 31.9 Å². The molecule has 0 aliphatic heterocycles. The van der Waals surface area contributed by atoms with Crippen LogP contribution in [-0.2, 0) is 15.7 Å². The molecular formula is C9H15Br2N3O5P-. The zero-order valence-electron chi connectivity index (χ0n) is 10.4. The molecule has 0 aliphatic rings. The molecule has 0 saturated heterocycles. The molecule has 0 aromatic carbocycles. The summed E-state index contributed by atoms with van der Waals surface area (Å²) in [5.41, 5.74) is 5.70. The Kier molecular flexibility index (Phi) is 7.70. The molecule has 0 fully saturated rings. The van der Waals surface area contributed by atoms with E-state index in [0.29, 0.717) is 23.7 Å². The summed E-state index contributed by atoms with van der Waals surface area (Å²) in [5, 5.41) is 20.0. The van der Waals surface area contributed by atoms with Crippen molar-refractivity contribution in [3.05, 3.63) is 23.1 Å². The third-order valence-corrected chi connectivity index (χ3v) is 4.70. The van der Waals surface area contributed by atoms with Crippen molar-refractivity contribution in [2.24, 2.45) is 5.50 Å². The van der Waals surface area contributed by atoms with Gasteiger partial charge in [-0.25, -0.2) is 10.2 Å². The van der Waals surface area contributed by atoms with Crippen LogP contribution in [0.1, 0.15) is 5.76 Å². The highest BCUT2D eigenvalue weighted by Gasteiger charge is 2.26. The number of hydrogen-bond donors (Lipinski definition) is 2. The molecule has 1 rings (SSSR count). The highest BCUT2D eigenvalue weighted by Crippen LogP contribution is 2.43. The molecular weight excluding hydrogens is 421 g/mol. The molecule has 1 heterocycles. The fourth-order valence-corrected chi connectivity index (χ4v) is 4.01. The second kappa shape index (κ2) is 8.50. The van der Waals surface area contributed by atoms with E-state index in [1.165, 1.54) is 16.8 Å². The van der Waals surface area contributed by atoms with Crippen LogP contribution in [0.5, 0.6) is 0 Å². The van der Waals surface area contributed by atoms with Gasteiger partial charge >= 0.3 is 7.67 Å². The molecule has 0 aliphatic carbocycles. The maximum atomic E-state index is 12.3. The lowest BCUT2D eigenvalue weighted by atomic mass is 10.5. The summed E-state index contributed by atoms with van der Waals surface area (Å²) in [4.78, 5) is 0. The van der Waals surface area contributed by atoms with Crippen molar-refractivity contribution in [3.8, 4) is 0 Å². The van der Waals surface area contributed by atoms with Gasteiger partial charge in [0, 0.05) is 29.8 Å². The van der Waals surface area contributed by atoms with Gasteiger partial charge in [-0.05, 0) is 6.07 Å². The summed E-state index contributed by atoms with van der Waals surface area (Å²) in [6.45, 7) is 0.768. The van der Waals surface area contributed by atoms with Gasteiger partial charge < -0.3 is 9.62 Å². The monoisotopic (exact) mass is 434 g/mol. The molecule has 1 aromatic heterocycles. The van der Waals surface area contributed by atoms with E-state index in [1.54, 1.807) is 0 Å². The number of hydrogen-bond acceptors (Lipinski definition) is 6. The molecule has 11 heteroatoms. The maximum absolute atomic E-state index is 12.3. The Hall–Kier alpha value is 0.0700. The van der Waals surface area contributed by atoms with Crippen LogP contribution in [-0.4, -0.2) is 33.6 Å².